The van der Waals surface area contributed by atoms with Crippen LogP contribution >= 0.6 is 0 Å². The number of ether oxygens (including phenoxy) is 1. The van der Waals surface area contributed by atoms with Crippen molar-refractivity contribution in [1.29, 1.82) is 0 Å². The summed E-state index contributed by atoms with van der Waals surface area (Å²) >= 11 is 0. The van der Waals surface area contributed by atoms with Crippen LogP contribution in [0.15, 0.2) is 36.5 Å². The Labute approximate surface area is 108 Å². The van der Waals surface area contributed by atoms with Crippen LogP contribution in [0.4, 0.5) is 0 Å². The highest BCUT2D eigenvalue weighted by atomic mass is 16.5. The van der Waals surface area contributed by atoms with E-state index in [4.69, 9.17) is 4.74 Å². The number of nitrogens with zero attached hydrogens (tertiary/aromatic N) is 1. The van der Waals surface area contributed by atoms with Gasteiger partial charge in [0, 0.05) is 18.1 Å². The summed E-state index contributed by atoms with van der Waals surface area (Å²) in [7, 11) is 1.96. The summed E-state index contributed by atoms with van der Waals surface area (Å²) in [5.74, 6) is 0.925. The molecule has 0 aliphatic rings. The van der Waals surface area contributed by atoms with Gasteiger partial charge in [0.05, 0.1) is 5.52 Å². The van der Waals surface area contributed by atoms with Crippen molar-refractivity contribution in [2.45, 2.75) is 25.9 Å². The normalized spacial score (nSPS) is 12.6. The van der Waals surface area contributed by atoms with Crippen molar-refractivity contribution in [3.63, 3.8) is 0 Å². The molecule has 1 aromatic carbocycles. The number of aromatic nitrogens is 1. The summed E-state index contributed by atoms with van der Waals surface area (Å²) in [4.78, 5) is 4.35. The first-order valence-corrected chi connectivity index (χ1v) is 6.50. The molecule has 3 heteroatoms. The standard InChI is InChI=1S/C15H20N2O/c1-3-6-12(11-16-2)18-15-9-4-8-14-13(15)7-5-10-17-14/h4-5,7-10,12,16H,3,6,11H2,1-2H3. The Balaban J connectivity index is 2.24. The first-order valence-electron chi connectivity index (χ1n) is 6.50. The summed E-state index contributed by atoms with van der Waals surface area (Å²) in [6.45, 7) is 3.04. The molecule has 0 saturated heterocycles. The van der Waals surface area contributed by atoms with Crippen molar-refractivity contribution in [2.75, 3.05) is 13.6 Å². The van der Waals surface area contributed by atoms with E-state index in [1.54, 1.807) is 0 Å². The molecule has 0 fully saturated rings. The topological polar surface area (TPSA) is 34.1 Å². The number of benzene rings is 1. The molecule has 2 rings (SSSR count). The molecule has 96 valence electrons. The maximum absolute atomic E-state index is 6.11. The fraction of sp³-hybridized carbons (Fsp3) is 0.400. The number of rotatable bonds is 6. The predicted molar refractivity (Wildman–Crippen MR) is 75.0 cm³/mol. The fourth-order valence-electron chi connectivity index (χ4n) is 2.11. The van der Waals surface area contributed by atoms with Gasteiger partial charge in [-0.15, -0.1) is 0 Å². The van der Waals surface area contributed by atoms with Crippen molar-refractivity contribution >= 4 is 10.9 Å². The van der Waals surface area contributed by atoms with Crippen molar-refractivity contribution in [3.8, 4) is 5.75 Å². The zero-order valence-corrected chi connectivity index (χ0v) is 11.0. The SMILES string of the molecule is CCCC(CNC)Oc1cccc2ncccc12. The van der Waals surface area contributed by atoms with Gasteiger partial charge in [0.15, 0.2) is 0 Å². The third-order valence-corrected chi connectivity index (χ3v) is 2.94. The number of nitrogens with one attached hydrogen (secondary N) is 1. The van der Waals surface area contributed by atoms with Crippen LogP contribution in [0.25, 0.3) is 10.9 Å². The largest absolute Gasteiger partial charge is 0.488 e. The number of likely N-dealkylation sites (N-methyl/N-ethyl adjacent to an activating group) is 1. The van der Waals surface area contributed by atoms with Gasteiger partial charge in [0.25, 0.3) is 0 Å². The van der Waals surface area contributed by atoms with E-state index in [1.165, 1.54) is 0 Å². The molecule has 0 aliphatic heterocycles. The van der Waals surface area contributed by atoms with Gasteiger partial charge >= 0.3 is 0 Å². The minimum Gasteiger partial charge on any atom is -0.488 e. The maximum atomic E-state index is 6.11. The monoisotopic (exact) mass is 244 g/mol. The van der Waals surface area contributed by atoms with E-state index in [0.29, 0.717) is 0 Å². The van der Waals surface area contributed by atoms with Crippen LogP contribution in [-0.4, -0.2) is 24.7 Å². The molecule has 2 aromatic rings. The molecule has 0 saturated carbocycles. The van der Waals surface area contributed by atoms with Gasteiger partial charge in [0.1, 0.15) is 11.9 Å². The van der Waals surface area contributed by atoms with Gasteiger partial charge in [-0.25, -0.2) is 0 Å². The van der Waals surface area contributed by atoms with Crippen molar-refractivity contribution in [1.82, 2.24) is 10.3 Å². The van der Waals surface area contributed by atoms with Crippen LogP contribution < -0.4 is 10.1 Å². The lowest BCUT2D eigenvalue weighted by Crippen LogP contribution is -2.29. The molecule has 1 unspecified atom stereocenters. The molecule has 18 heavy (non-hydrogen) atoms. The average Bonchev–Trinajstić information content (AvgIpc) is 2.40. The molecule has 1 aromatic heterocycles. The van der Waals surface area contributed by atoms with Gasteiger partial charge in [-0.05, 0) is 37.7 Å². The van der Waals surface area contributed by atoms with Gasteiger partial charge in [-0.1, -0.05) is 19.4 Å². The van der Waals surface area contributed by atoms with Gasteiger partial charge in [-0.2, -0.15) is 0 Å². The van der Waals surface area contributed by atoms with Crippen LogP contribution in [0.3, 0.4) is 0 Å². The Hall–Kier alpha value is -1.61. The van der Waals surface area contributed by atoms with E-state index in [1.807, 2.05) is 37.5 Å². The highest BCUT2D eigenvalue weighted by molar-refractivity contribution is 5.84. The predicted octanol–water partition coefficient (Wildman–Crippen LogP) is 3.00. The Morgan fingerprint density at radius 3 is 2.94 bits per heavy atom. The number of hydrogen-bond acceptors (Lipinski definition) is 3. The van der Waals surface area contributed by atoms with E-state index < -0.39 is 0 Å². The number of hydrogen-bond donors (Lipinski definition) is 1. The van der Waals surface area contributed by atoms with E-state index in [9.17, 15) is 0 Å². The first-order chi connectivity index (χ1) is 8.85. The molecule has 3 nitrogen and oxygen atoms in total. The second kappa shape index (κ2) is 6.36. The van der Waals surface area contributed by atoms with E-state index in [-0.39, 0.29) is 6.10 Å². The van der Waals surface area contributed by atoms with E-state index >= 15 is 0 Å². The molecule has 1 N–H and O–H groups in total. The minimum atomic E-state index is 0.214. The van der Waals surface area contributed by atoms with Crippen LogP contribution in [-0.2, 0) is 0 Å². The van der Waals surface area contributed by atoms with E-state index in [0.717, 1.165) is 36.0 Å². The Kier molecular flexibility index (Phi) is 4.53. The van der Waals surface area contributed by atoms with Crippen LogP contribution in [0.2, 0.25) is 0 Å². The Bertz CT molecular complexity index is 487. The van der Waals surface area contributed by atoms with Crippen LogP contribution in [0.1, 0.15) is 19.8 Å². The van der Waals surface area contributed by atoms with Gasteiger partial charge in [-0.3, -0.25) is 4.98 Å². The molecule has 0 radical (unpaired) electrons. The smallest absolute Gasteiger partial charge is 0.129 e. The van der Waals surface area contributed by atoms with Crippen molar-refractivity contribution < 1.29 is 4.74 Å². The summed E-state index contributed by atoms with van der Waals surface area (Å²) in [6.07, 6.45) is 4.20. The molecule has 0 bridgehead atoms. The summed E-state index contributed by atoms with van der Waals surface area (Å²) in [5, 5.41) is 4.26. The zero-order valence-electron chi connectivity index (χ0n) is 11.0. The summed E-state index contributed by atoms with van der Waals surface area (Å²) in [5.41, 5.74) is 0.981. The maximum Gasteiger partial charge on any atom is 0.129 e. The lowest BCUT2D eigenvalue weighted by atomic mass is 10.2. The molecular weight excluding hydrogens is 224 g/mol. The molecule has 1 heterocycles. The van der Waals surface area contributed by atoms with Crippen molar-refractivity contribution in [2.24, 2.45) is 0 Å². The highest BCUT2D eigenvalue weighted by Crippen LogP contribution is 2.25. The quantitative estimate of drug-likeness (QED) is 0.848. The second-order valence-electron chi connectivity index (χ2n) is 4.41. The molecule has 0 amide bonds. The summed E-state index contributed by atoms with van der Waals surface area (Å²) in [6, 6.07) is 10.0. The van der Waals surface area contributed by atoms with Gasteiger partial charge < -0.3 is 10.1 Å². The lowest BCUT2D eigenvalue weighted by Gasteiger charge is -2.19. The highest BCUT2D eigenvalue weighted by Gasteiger charge is 2.10. The zero-order chi connectivity index (χ0) is 12.8. The van der Waals surface area contributed by atoms with Crippen molar-refractivity contribution in [3.05, 3.63) is 36.5 Å². The average molecular weight is 244 g/mol. The van der Waals surface area contributed by atoms with Gasteiger partial charge in [0.2, 0.25) is 0 Å². The lowest BCUT2D eigenvalue weighted by molar-refractivity contribution is 0.192. The van der Waals surface area contributed by atoms with E-state index in [2.05, 4.69) is 23.3 Å². The summed E-state index contributed by atoms with van der Waals surface area (Å²) < 4.78 is 6.11. The molecule has 1 atom stereocenters. The molecule has 0 spiro atoms. The Morgan fingerprint density at radius 2 is 2.17 bits per heavy atom. The first kappa shape index (κ1) is 12.8. The third kappa shape index (κ3) is 2.99. The number of pyridine rings is 1. The molecular formula is C15H20N2O. The third-order valence-electron chi connectivity index (χ3n) is 2.94. The molecule has 0 aliphatic carbocycles. The fourth-order valence-corrected chi connectivity index (χ4v) is 2.11. The Morgan fingerprint density at radius 1 is 1.28 bits per heavy atom. The second-order valence-corrected chi connectivity index (χ2v) is 4.41. The minimum absolute atomic E-state index is 0.214. The van der Waals surface area contributed by atoms with Crippen LogP contribution in [0, 0.1) is 0 Å². The number of fused-ring (bicyclic) bond motifs is 1. The van der Waals surface area contributed by atoms with Crippen LogP contribution in [0.5, 0.6) is 5.75 Å².